The molecule has 0 atom stereocenters. The van der Waals surface area contributed by atoms with Crippen LogP contribution >= 0.6 is 22.7 Å². The number of rotatable bonds is 13. The topological polar surface area (TPSA) is 39.3 Å². The highest BCUT2D eigenvalue weighted by atomic mass is 32.1. The van der Waals surface area contributed by atoms with Crippen LogP contribution in [0.5, 0.6) is 11.5 Å². The van der Waals surface area contributed by atoms with Crippen molar-refractivity contribution >= 4 is 40.0 Å². The number of fused-ring (bicyclic) bond motifs is 6. The Kier molecular flexibility index (Phi) is 9.32. The van der Waals surface area contributed by atoms with E-state index in [-0.39, 0.29) is 5.91 Å². The molecule has 0 bridgehead atoms. The summed E-state index contributed by atoms with van der Waals surface area (Å²) in [5.41, 5.74) is 5.25. The minimum Gasteiger partial charge on any atom is -0.456 e. The molecular formula is C40H44N4O2S2. The van der Waals surface area contributed by atoms with Crippen molar-refractivity contribution in [2.75, 3.05) is 49.1 Å². The van der Waals surface area contributed by atoms with Gasteiger partial charge < -0.3 is 19.4 Å². The lowest BCUT2D eigenvalue weighted by molar-refractivity contribution is 0.0629. The first kappa shape index (κ1) is 32.4. The van der Waals surface area contributed by atoms with Gasteiger partial charge in [0.2, 0.25) is 0 Å². The lowest BCUT2D eigenvalue weighted by atomic mass is 9.74. The Hall–Kier alpha value is -4.11. The van der Waals surface area contributed by atoms with E-state index in [0.717, 1.165) is 90.9 Å². The molecule has 2 aliphatic heterocycles. The smallest absolute Gasteiger partial charge is 0.255 e. The van der Waals surface area contributed by atoms with Gasteiger partial charge in [-0.05, 0) is 74.4 Å². The van der Waals surface area contributed by atoms with E-state index in [4.69, 9.17) is 4.74 Å². The lowest BCUT2D eigenvalue weighted by Crippen LogP contribution is -2.49. The fraction of sp³-hybridized carbons (Fsp3) is 0.325. The van der Waals surface area contributed by atoms with E-state index in [1.54, 1.807) is 22.7 Å². The summed E-state index contributed by atoms with van der Waals surface area (Å²) < 4.78 is 6.89. The van der Waals surface area contributed by atoms with E-state index in [0.29, 0.717) is 6.54 Å². The summed E-state index contributed by atoms with van der Waals surface area (Å²) in [6.07, 6.45) is 0. The molecule has 1 spiro atoms. The fourth-order valence-corrected chi connectivity index (χ4v) is 9.10. The number of amides is 1. The average molecular weight is 677 g/mol. The molecule has 1 amide bonds. The van der Waals surface area contributed by atoms with Crippen LogP contribution in [-0.4, -0.2) is 55.0 Å². The van der Waals surface area contributed by atoms with E-state index in [2.05, 4.69) is 131 Å². The average Bonchev–Trinajstić information content (AvgIpc) is 3.87. The van der Waals surface area contributed by atoms with Crippen molar-refractivity contribution in [3.63, 3.8) is 0 Å². The van der Waals surface area contributed by atoms with Crippen LogP contribution in [0.2, 0.25) is 0 Å². The molecule has 2 aliphatic rings. The van der Waals surface area contributed by atoms with Gasteiger partial charge in [-0.1, -0.05) is 42.5 Å². The van der Waals surface area contributed by atoms with Gasteiger partial charge in [0.1, 0.15) is 17.0 Å². The molecule has 248 valence electrons. The summed E-state index contributed by atoms with van der Waals surface area (Å²) in [6.45, 7) is 15.3. The molecule has 2 aromatic heterocycles. The summed E-state index contributed by atoms with van der Waals surface area (Å²) in [7, 11) is 0. The fourth-order valence-electron chi connectivity index (χ4n) is 7.60. The normalized spacial score (nSPS) is 14.2. The van der Waals surface area contributed by atoms with E-state index >= 15 is 0 Å². The zero-order chi connectivity index (χ0) is 33.3. The van der Waals surface area contributed by atoms with Crippen molar-refractivity contribution in [2.24, 2.45) is 0 Å². The van der Waals surface area contributed by atoms with E-state index in [1.165, 1.54) is 9.75 Å². The van der Waals surface area contributed by atoms with Gasteiger partial charge in [0.05, 0.1) is 0 Å². The van der Waals surface area contributed by atoms with Crippen LogP contribution in [0.25, 0.3) is 0 Å². The quantitative estimate of drug-likeness (QED) is 0.124. The Morgan fingerprint density at radius 2 is 1.21 bits per heavy atom. The minimum atomic E-state index is -0.822. The van der Waals surface area contributed by atoms with Gasteiger partial charge in [0.25, 0.3) is 5.91 Å². The largest absolute Gasteiger partial charge is 0.456 e. The maximum absolute atomic E-state index is 14.7. The van der Waals surface area contributed by atoms with Crippen molar-refractivity contribution in [3.8, 4) is 11.5 Å². The molecule has 48 heavy (non-hydrogen) atoms. The number of thiophene rings is 2. The second-order valence-corrected chi connectivity index (χ2v) is 14.5. The van der Waals surface area contributed by atoms with E-state index in [9.17, 15) is 4.79 Å². The summed E-state index contributed by atoms with van der Waals surface area (Å²) in [5, 5.41) is 4.28. The van der Waals surface area contributed by atoms with E-state index in [1.807, 2.05) is 12.1 Å². The molecule has 0 N–H and O–H groups in total. The highest BCUT2D eigenvalue weighted by molar-refractivity contribution is 7.10. The second-order valence-electron chi connectivity index (χ2n) is 12.4. The molecule has 0 saturated carbocycles. The van der Waals surface area contributed by atoms with Gasteiger partial charge in [0, 0.05) is 102 Å². The molecule has 0 fully saturated rings. The minimum absolute atomic E-state index is 0.0669. The first-order valence-electron chi connectivity index (χ1n) is 17.2. The lowest BCUT2D eigenvalue weighted by Gasteiger charge is -2.45. The van der Waals surface area contributed by atoms with Gasteiger partial charge in [-0.3, -0.25) is 9.69 Å². The van der Waals surface area contributed by atoms with Crippen LogP contribution in [-0.2, 0) is 18.6 Å². The monoisotopic (exact) mass is 676 g/mol. The Morgan fingerprint density at radius 1 is 0.667 bits per heavy atom. The molecule has 0 aliphatic carbocycles. The summed E-state index contributed by atoms with van der Waals surface area (Å²) in [5.74, 6) is 1.69. The number of anilines is 2. The van der Waals surface area contributed by atoms with Gasteiger partial charge in [0.15, 0.2) is 0 Å². The van der Waals surface area contributed by atoms with Gasteiger partial charge >= 0.3 is 0 Å². The molecule has 3 aromatic carbocycles. The van der Waals surface area contributed by atoms with Gasteiger partial charge in [-0.2, -0.15) is 0 Å². The first-order valence-corrected chi connectivity index (χ1v) is 18.9. The maximum atomic E-state index is 14.7. The van der Waals surface area contributed by atoms with Crippen molar-refractivity contribution < 1.29 is 9.53 Å². The number of benzene rings is 3. The molecule has 0 saturated heterocycles. The Balaban J connectivity index is 1.38. The Morgan fingerprint density at radius 3 is 1.71 bits per heavy atom. The number of ether oxygens (including phenoxy) is 1. The van der Waals surface area contributed by atoms with Crippen LogP contribution < -0.4 is 14.5 Å². The molecular weight excluding hydrogens is 633 g/mol. The van der Waals surface area contributed by atoms with Crippen molar-refractivity contribution in [1.82, 2.24) is 9.80 Å². The van der Waals surface area contributed by atoms with Gasteiger partial charge in [-0.25, -0.2) is 0 Å². The highest BCUT2D eigenvalue weighted by Crippen LogP contribution is 2.58. The predicted octanol–water partition coefficient (Wildman–Crippen LogP) is 9.06. The van der Waals surface area contributed by atoms with Crippen molar-refractivity contribution in [3.05, 3.63) is 128 Å². The van der Waals surface area contributed by atoms with Crippen molar-refractivity contribution in [1.29, 1.82) is 0 Å². The van der Waals surface area contributed by atoms with Crippen LogP contribution in [0.1, 0.15) is 64.5 Å². The first-order chi connectivity index (χ1) is 23.5. The summed E-state index contributed by atoms with van der Waals surface area (Å²) in [6, 6.07) is 30.0. The third kappa shape index (κ3) is 5.59. The molecule has 4 heterocycles. The van der Waals surface area contributed by atoms with Crippen LogP contribution in [0, 0.1) is 0 Å². The van der Waals surface area contributed by atoms with Crippen LogP contribution in [0.15, 0.2) is 95.7 Å². The van der Waals surface area contributed by atoms with Crippen LogP contribution in [0.3, 0.4) is 0 Å². The Labute approximate surface area is 292 Å². The number of nitrogens with zero attached hydrogens (tertiary/aromatic N) is 4. The van der Waals surface area contributed by atoms with Crippen molar-refractivity contribution in [2.45, 2.75) is 46.3 Å². The second kappa shape index (κ2) is 13.8. The third-order valence-corrected chi connectivity index (χ3v) is 11.7. The maximum Gasteiger partial charge on any atom is 0.255 e. The number of hydrogen-bond acceptors (Lipinski definition) is 7. The van der Waals surface area contributed by atoms with Crippen LogP contribution in [0.4, 0.5) is 11.4 Å². The number of carbonyl (C=O) groups excluding carboxylic acids is 1. The predicted molar refractivity (Wildman–Crippen MR) is 200 cm³/mol. The third-order valence-electron chi connectivity index (χ3n) is 9.94. The molecule has 0 unspecified atom stereocenters. The van der Waals surface area contributed by atoms with E-state index < -0.39 is 5.54 Å². The number of hydrogen-bond donors (Lipinski definition) is 0. The number of carbonyl (C=O) groups is 1. The standard InChI is InChI=1S/C40H44N4O2S2/c1-5-42(6-2)29-17-19-35-37(25-29)46-38-26-30(43(7-3)8-4)18-20-36(38)40(35)34-16-10-9-15-33(34)39(45)44(40)22-21-41(27-31-13-11-23-47-31)28-32-14-12-24-48-32/h9-20,23-26H,5-8,21-22,27-28H2,1-4H3. The summed E-state index contributed by atoms with van der Waals surface area (Å²) >= 11 is 3.57. The van der Waals surface area contributed by atoms with Gasteiger partial charge in [-0.15, -0.1) is 22.7 Å². The SMILES string of the molecule is CCN(CC)c1ccc2c(c1)Oc1cc(N(CC)CC)ccc1C21c2ccccc2C(=O)N1CCN(Cc1cccs1)Cc1cccs1. The molecule has 8 heteroatoms. The summed E-state index contributed by atoms with van der Waals surface area (Å²) in [4.78, 5) is 26.7. The molecule has 7 rings (SSSR count). The molecule has 5 aromatic rings. The molecule has 0 radical (unpaired) electrons. The molecule has 6 nitrogen and oxygen atoms in total. The Bertz CT molecular complexity index is 1760. The zero-order valence-corrected chi connectivity index (χ0v) is 29.9. The highest BCUT2D eigenvalue weighted by Gasteiger charge is 2.56. The zero-order valence-electron chi connectivity index (χ0n) is 28.3.